The van der Waals surface area contributed by atoms with Crippen molar-refractivity contribution >= 4 is 21.7 Å². The summed E-state index contributed by atoms with van der Waals surface area (Å²) in [7, 11) is 1.32. The standard InChI is InChI=1S/C6H4BrF3N2O/c1-12-3(7)2-11-5(12)4(13)6(8,9)10/h2H,1H3. The van der Waals surface area contributed by atoms with Crippen LogP contribution in [-0.2, 0) is 7.05 Å². The molecular formula is C6H4BrF3N2O. The largest absolute Gasteiger partial charge is 0.458 e. The van der Waals surface area contributed by atoms with Crippen LogP contribution in [0, 0.1) is 0 Å². The Morgan fingerprint density at radius 3 is 2.46 bits per heavy atom. The molecule has 0 saturated heterocycles. The van der Waals surface area contributed by atoms with Gasteiger partial charge in [0.25, 0.3) is 0 Å². The van der Waals surface area contributed by atoms with Crippen molar-refractivity contribution in [1.82, 2.24) is 9.55 Å². The van der Waals surface area contributed by atoms with Crippen molar-refractivity contribution in [2.75, 3.05) is 0 Å². The molecule has 0 aliphatic rings. The Morgan fingerprint density at radius 2 is 2.15 bits per heavy atom. The first-order chi connectivity index (χ1) is 5.84. The lowest BCUT2D eigenvalue weighted by atomic mass is 10.3. The van der Waals surface area contributed by atoms with E-state index in [1.54, 1.807) is 0 Å². The number of rotatable bonds is 1. The van der Waals surface area contributed by atoms with Gasteiger partial charge in [-0.05, 0) is 15.9 Å². The topological polar surface area (TPSA) is 34.9 Å². The molecule has 0 N–H and O–H groups in total. The van der Waals surface area contributed by atoms with Crippen LogP contribution in [0.15, 0.2) is 10.8 Å². The van der Waals surface area contributed by atoms with Crippen LogP contribution in [0.1, 0.15) is 10.6 Å². The fourth-order valence-corrected chi connectivity index (χ4v) is 0.997. The number of nitrogens with zero attached hydrogens (tertiary/aromatic N) is 2. The molecule has 1 aromatic rings. The molecule has 0 unspecified atom stereocenters. The van der Waals surface area contributed by atoms with Gasteiger partial charge in [0.2, 0.25) is 0 Å². The van der Waals surface area contributed by atoms with Crippen molar-refractivity contribution in [3.8, 4) is 0 Å². The Morgan fingerprint density at radius 1 is 1.62 bits per heavy atom. The molecule has 0 saturated carbocycles. The first-order valence-electron chi connectivity index (χ1n) is 3.12. The van der Waals surface area contributed by atoms with Crippen LogP contribution in [0.5, 0.6) is 0 Å². The van der Waals surface area contributed by atoms with Gasteiger partial charge < -0.3 is 4.57 Å². The van der Waals surface area contributed by atoms with E-state index in [4.69, 9.17) is 0 Å². The Balaban J connectivity index is 3.10. The summed E-state index contributed by atoms with van der Waals surface area (Å²) in [4.78, 5) is 14.0. The van der Waals surface area contributed by atoms with Crippen molar-refractivity contribution in [2.24, 2.45) is 7.05 Å². The highest BCUT2D eigenvalue weighted by molar-refractivity contribution is 9.10. The van der Waals surface area contributed by atoms with Gasteiger partial charge in [-0.25, -0.2) is 4.98 Å². The smallest absolute Gasteiger partial charge is 0.319 e. The van der Waals surface area contributed by atoms with E-state index >= 15 is 0 Å². The second-order valence-electron chi connectivity index (χ2n) is 2.29. The zero-order valence-corrected chi connectivity index (χ0v) is 7.98. The predicted molar refractivity (Wildman–Crippen MR) is 41.3 cm³/mol. The number of aromatic nitrogens is 2. The average Bonchev–Trinajstić information content (AvgIpc) is 2.30. The Labute approximate surface area is 79.7 Å². The third kappa shape index (κ3) is 1.90. The minimum Gasteiger partial charge on any atom is -0.319 e. The van der Waals surface area contributed by atoms with Gasteiger partial charge in [0.1, 0.15) is 4.60 Å². The van der Waals surface area contributed by atoms with Crippen molar-refractivity contribution in [3.63, 3.8) is 0 Å². The lowest BCUT2D eigenvalue weighted by Gasteiger charge is -2.04. The van der Waals surface area contributed by atoms with Crippen molar-refractivity contribution in [2.45, 2.75) is 6.18 Å². The van der Waals surface area contributed by atoms with E-state index in [9.17, 15) is 18.0 Å². The quantitative estimate of drug-likeness (QED) is 0.720. The van der Waals surface area contributed by atoms with Gasteiger partial charge in [-0.2, -0.15) is 13.2 Å². The van der Waals surface area contributed by atoms with E-state index in [1.807, 2.05) is 0 Å². The first kappa shape index (κ1) is 10.2. The van der Waals surface area contributed by atoms with E-state index in [2.05, 4.69) is 20.9 Å². The van der Waals surface area contributed by atoms with Gasteiger partial charge in [0, 0.05) is 7.05 Å². The van der Waals surface area contributed by atoms with E-state index in [-0.39, 0.29) is 0 Å². The van der Waals surface area contributed by atoms with Gasteiger partial charge in [-0.15, -0.1) is 0 Å². The maximum Gasteiger partial charge on any atom is 0.458 e. The average molecular weight is 257 g/mol. The number of halogens is 4. The zero-order chi connectivity index (χ0) is 10.2. The van der Waals surface area contributed by atoms with Crippen LogP contribution in [-0.4, -0.2) is 21.5 Å². The number of Topliss-reactive ketones (excluding diaryl/α,β-unsaturated/α-hetero) is 1. The van der Waals surface area contributed by atoms with Crippen LogP contribution >= 0.6 is 15.9 Å². The van der Waals surface area contributed by atoms with Crippen LogP contribution in [0.2, 0.25) is 0 Å². The number of imidazole rings is 1. The van der Waals surface area contributed by atoms with E-state index in [0.29, 0.717) is 4.60 Å². The molecule has 1 aromatic heterocycles. The molecule has 0 bridgehead atoms. The number of carbonyl (C=O) groups is 1. The van der Waals surface area contributed by atoms with Gasteiger partial charge in [0.15, 0.2) is 5.82 Å². The predicted octanol–water partition coefficient (Wildman–Crippen LogP) is 1.93. The summed E-state index contributed by atoms with van der Waals surface area (Å²) in [6.07, 6.45) is -3.74. The Bertz CT molecular complexity index is 344. The lowest BCUT2D eigenvalue weighted by Crippen LogP contribution is -2.25. The van der Waals surface area contributed by atoms with Crippen LogP contribution in [0.25, 0.3) is 0 Å². The third-order valence-corrected chi connectivity index (χ3v) is 2.13. The summed E-state index contributed by atoms with van der Waals surface area (Å²) in [6, 6.07) is 0. The summed E-state index contributed by atoms with van der Waals surface area (Å²) >= 11 is 2.93. The van der Waals surface area contributed by atoms with E-state index in [1.165, 1.54) is 7.05 Å². The van der Waals surface area contributed by atoms with Gasteiger partial charge in [-0.3, -0.25) is 4.79 Å². The van der Waals surface area contributed by atoms with Crippen LogP contribution in [0.3, 0.4) is 0 Å². The number of hydrogen-bond donors (Lipinski definition) is 0. The molecule has 0 aliphatic carbocycles. The molecule has 72 valence electrons. The third-order valence-electron chi connectivity index (χ3n) is 1.39. The number of alkyl halides is 3. The maximum atomic E-state index is 11.9. The van der Waals surface area contributed by atoms with Crippen LogP contribution in [0.4, 0.5) is 13.2 Å². The summed E-state index contributed by atoms with van der Waals surface area (Å²) in [5.41, 5.74) is 0. The molecule has 0 atom stereocenters. The Hall–Kier alpha value is -0.850. The van der Waals surface area contributed by atoms with Crippen molar-refractivity contribution < 1.29 is 18.0 Å². The van der Waals surface area contributed by atoms with Gasteiger partial charge in [-0.1, -0.05) is 0 Å². The maximum absolute atomic E-state index is 11.9. The fourth-order valence-electron chi connectivity index (χ4n) is 0.727. The molecule has 13 heavy (non-hydrogen) atoms. The van der Waals surface area contributed by atoms with Gasteiger partial charge >= 0.3 is 12.0 Å². The summed E-state index contributed by atoms with van der Waals surface area (Å²) in [6.45, 7) is 0. The normalized spacial score (nSPS) is 11.8. The minimum absolute atomic E-state index is 0.320. The van der Waals surface area contributed by atoms with Crippen molar-refractivity contribution in [1.29, 1.82) is 0 Å². The SMILES string of the molecule is Cn1c(Br)cnc1C(=O)C(F)(F)F. The number of hydrogen-bond acceptors (Lipinski definition) is 2. The molecule has 1 heterocycles. The molecule has 0 radical (unpaired) electrons. The molecule has 7 heteroatoms. The molecule has 0 fully saturated rings. The molecule has 0 aliphatic heterocycles. The minimum atomic E-state index is -4.88. The fraction of sp³-hybridized carbons (Fsp3) is 0.333. The molecular weight excluding hydrogens is 253 g/mol. The molecule has 0 amide bonds. The summed E-state index contributed by atoms with van der Waals surface area (Å²) in [5.74, 6) is -2.57. The monoisotopic (exact) mass is 256 g/mol. The lowest BCUT2D eigenvalue weighted by molar-refractivity contribution is -0.0893. The summed E-state index contributed by atoms with van der Waals surface area (Å²) in [5, 5.41) is 0. The second kappa shape index (κ2) is 3.13. The highest BCUT2D eigenvalue weighted by atomic mass is 79.9. The highest BCUT2D eigenvalue weighted by Crippen LogP contribution is 2.22. The summed E-state index contributed by atoms with van der Waals surface area (Å²) < 4.78 is 37.1. The number of ketones is 1. The molecule has 0 spiro atoms. The molecule has 3 nitrogen and oxygen atoms in total. The van der Waals surface area contributed by atoms with Gasteiger partial charge in [0.05, 0.1) is 6.20 Å². The molecule has 0 aromatic carbocycles. The molecule has 1 rings (SSSR count). The zero-order valence-electron chi connectivity index (χ0n) is 6.39. The van der Waals surface area contributed by atoms with E-state index in [0.717, 1.165) is 10.8 Å². The highest BCUT2D eigenvalue weighted by Gasteiger charge is 2.41. The first-order valence-corrected chi connectivity index (χ1v) is 3.92. The number of carbonyl (C=O) groups excluding carboxylic acids is 1. The van der Waals surface area contributed by atoms with Crippen LogP contribution < -0.4 is 0 Å². The van der Waals surface area contributed by atoms with Crippen molar-refractivity contribution in [3.05, 3.63) is 16.6 Å². The Kier molecular flexibility index (Phi) is 2.47. The second-order valence-corrected chi connectivity index (χ2v) is 3.10. The van der Waals surface area contributed by atoms with E-state index < -0.39 is 17.8 Å².